The Hall–Kier alpha value is -0.810. The van der Waals surface area contributed by atoms with Crippen LogP contribution in [-0.4, -0.2) is 0 Å². The summed E-state index contributed by atoms with van der Waals surface area (Å²) in [6.07, 6.45) is -0.649. The fourth-order valence-electron chi connectivity index (χ4n) is 2.56. The lowest BCUT2D eigenvalue weighted by Crippen LogP contribution is -2.20. The maximum Gasteiger partial charge on any atom is 0.416 e. The van der Waals surface area contributed by atoms with Gasteiger partial charge in [-0.1, -0.05) is 12.8 Å². The summed E-state index contributed by atoms with van der Waals surface area (Å²) in [7, 11) is 0. The van der Waals surface area contributed by atoms with Crippen LogP contribution < -0.4 is 5.73 Å². The van der Waals surface area contributed by atoms with E-state index in [0.717, 1.165) is 37.8 Å². The molecular formula is C13H16ClF4N. The first kappa shape index (κ1) is 16.2. The van der Waals surface area contributed by atoms with Gasteiger partial charge in [-0.25, -0.2) is 4.39 Å². The third-order valence-electron chi connectivity index (χ3n) is 3.54. The van der Waals surface area contributed by atoms with Crippen LogP contribution in [0.4, 0.5) is 17.6 Å². The van der Waals surface area contributed by atoms with Gasteiger partial charge in [0.25, 0.3) is 0 Å². The molecule has 6 heteroatoms. The van der Waals surface area contributed by atoms with Crippen molar-refractivity contribution in [1.82, 2.24) is 0 Å². The second kappa shape index (κ2) is 6.09. The summed E-state index contributed by atoms with van der Waals surface area (Å²) in [5.74, 6) is -0.721. The van der Waals surface area contributed by atoms with Crippen molar-refractivity contribution in [3.05, 3.63) is 35.1 Å². The van der Waals surface area contributed by atoms with Crippen molar-refractivity contribution in [3.8, 4) is 0 Å². The van der Waals surface area contributed by atoms with Gasteiger partial charge in [0.2, 0.25) is 0 Å². The molecular weight excluding hydrogens is 282 g/mol. The van der Waals surface area contributed by atoms with Gasteiger partial charge in [-0.3, -0.25) is 0 Å². The number of hydrogen-bond donors (Lipinski definition) is 1. The molecule has 1 atom stereocenters. The van der Waals surface area contributed by atoms with Crippen LogP contribution in [0, 0.1) is 11.7 Å². The van der Waals surface area contributed by atoms with Gasteiger partial charge in [-0.05, 0) is 42.5 Å². The van der Waals surface area contributed by atoms with Crippen LogP contribution in [0.15, 0.2) is 18.2 Å². The Kier molecular flexibility index (Phi) is 5.21. The quantitative estimate of drug-likeness (QED) is 0.802. The van der Waals surface area contributed by atoms with E-state index in [1.165, 1.54) is 0 Å². The number of hydrogen-bond acceptors (Lipinski definition) is 1. The summed E-state index contributed by atoms with van der Waals surface area (Å²) < 4.78 is 51.0. The smallest absolute Gasteiger partial charge is 0.324 e. The van der Waals surface area contributed by atoms with Gasteiger partial charge in [0.15, 0.2) is 0 Å². The average Bonchev–Trinajstić information content (AvgIpc) is 2.79. The highest BCUT2D eigenvalue weighted by molar-refractivity contribution is 5.85. The molecule has 108 valence electrons. The zero-order valence-electron chi connectivity index (χ0n) is 10.2. The van der Waals surface area contributed by atoms with E-state index in [4.69, 9.17) is 5.73 Å². The van der Waals surface area contributed by atoms with E-state index in [9.17, 15) is 17.6 Å². The van der Waals surface area contributed by atoms with Crippen LogP contribution in [0.25, 0.3) is 0 Å². The minimum atomic E-state index is -4.54. The average molecular weight is 298 g/mol. The number of halogens is 5. The topological polar surface area (TPSA) is 26.0 Å². The lowest BCUT2D eigenvalue weighted by atomic mass is 9.91. The lowest BCUT2D eigenvalue weighted by molar-refractivity contribution is -0.137. The normalized spacial score (nSPS) is 18.2. The zero-order valence-corrected chi connectivity index (χ0v) is 11.0. The van der Waals surface area contributed by atoms with Crippen LogP contribution >= 0.6 is 12.4 Å². The van der Waals surface area contributed by atoms with Crippen molar-refractivity contribution in [2.24, 2.45) is 11.7 Å². The van der Waals surface area contributed by atoms with Crippen molar-refractivity contribution >= 4 is 12.4 Å². The van der Waals surface area contributed by atoms with Crippen LogP contribution in [-0.2, 0) is 6.18 Å². The molecule has 1 aromatic rings. The first-order valence-electron chi connectivity index (χ1n) is 6.01. The van der Waals surface area contributed by atoms with E-state index in [1.54, 1.807) is 0 Å². The summed E-state index contributed by atoms with van der Waals surface area (Å²) in [5, 5.41) is 0. The molecule has 0 radical (unpaired) electrons. The summed E-state index contributed by atoms with van der Waals surface area (Å²) in [4.78, 5) is 0. The highest BCUT2D eigenvalue weighted by Gasteiger charge is 2.32. The van der Waals surface area contributed by atoms with E-state index < -0.39 is 23.6 Å². The van der Waals surface area contributed by atoms with Crippen molar-refractivity contribution in [1.29, 1.82) is 0 Å². The molecule has 0 spiro atoms. The van der Waals surface area contributed by atoms with Crippen molar-refractivity contribution in [3.63, 3.8) is 0 Å². The van der Waals surface area contributed by atoms with Crippen LogP contribution in [0.2, 0.25) is 0 Å². The molecule has 0 bridgehead atoms. The van der Waals surface area contributed by atoms with E-state index in [1.807, 2.05) is 0 Å². The zero-order chi connectivity index (χ0) is 13.3. The van der Waals surface area contributed by atoms with E-state index >= 15 is 0 Å². The third-order valence-corrected chi connectivity index (χ3v) is 3.54. The summed E-state index contributed by atoms with van der Waals surface area (Å²) in [5.41, 5.74) is 5.23. The molecule has 0 heterocycles. The Labute approximate surface area is 115 Å². The predicted molar refractivity (Wildman–Crippen MR) is 67.5 cm³/mol. The van der Waals surface area contributed by atoms with Crippen LogP contribution in [0.3, 0.4) is 0 Å². The molecule has 1 fully saturated rings. The van der Waals surface area contributed by atoms with Gasteiger partial charge in [0, 0.05) is 6.04 Å². The predicted octanol–water partition coefficient (Wildman–Crippen LogP) is 4.46. The first-order valence-corrected chi connectivity index (χ1v) is 6.01. The largest absolute Gasteiger partial charge is 0.416 e. The molecule has 1 aromatic carbocycles. The Balaban J connectivity index is 0.00000180. The summed E-state index contributed by atoms with van der Waals surface area (Å²) >= 11 is 0. The fraction of sp³-hybridized carbons (Fsp3) is 0.538. The molecule has 2 rings (SSSR count). The number of nitrogens with two attached hydrogens (primary N) is 1. The maximum atomic E-state index is 13.2. The van der Waals surface area contributed by atoms with Gasteiger partial charge in [0.05, 0.1) is 5.56 Å². The second-order valence-electron chi connectivity index (χ2n) is 4.84. The Bertz CT molecular complexity index is 427. The molecule has 19 heavy (non-hydrogen) atoms. The van der Waals surface area contributed by atoms with Crippen molar-refractivity contribution in [2.75, 3.05) is 0 Å². The Morgan fingerprint density at radius 2 is 1.68 bits per heavy atom. The van der Waals surface area contributed by atoms with E-state index in [0.29, 0.717) is 6.07 Å². The Morgan fingerprint density at radius 1 is 1.11 bits per heavy atom. The molecule has 1 aliphatic carbocycles. The molecule has 1 aliphatic rings. The summed E-state index contributed by atoms with van der Waals surface area (Å²) in [6, 6.07) is 2.07. The molecule has 0 amide bonds. The van der Waals surface area contributed by atoms with Crippen molar-refractivity contribution < 1.29 is 17.6 Å². The lowest BCUT2D eigenvalue weighted by Gasteiger charge is -2.20. The third kappa shape index (κ3) is 3.83. The SMILES string of the molecule is Cl.N[C@@H](c1cc(F)cc(C(F)(F)F)c1)C1CCCC1. The van der Waals surface area contributed by atoms with Gasteiger partial charge < -0.3 is 5.73 Å². The van der Waals surface area contributed by atoms with Gasteiger partial charge >= 0.3 is 6.18 Å². The minimum Gasteiger partial charge on any atom is -0.324 e. The fourth-order valence-corrected chi connectivity index (χ4v) is 2.56. The monoisotopic (exact) mass is 297 g/mol. The van der Waals surface area contributed by atoms with Gasteiger partial charge in [0.1, 0.15) is 5.82 Å². The summed E-state index contributed by atoms with van der Waals surface area (Å²) in [6.45, 7) is 0. The van der Waals surface area contributed by atoms with E-state index in [-0.39, 0.29) is 23.9 Å². The Morgan fingerprint density at radius 3 is 2.21 bits per heavy atom. The number of rotatable bonds is 2. The van der Waals surface area contributed by atoms with E-state index in [2.05, 4.69) is 0 Å². The van der Waals surface area contributed by atoms with Gasteiger partial charge in [-0.15, -0.1) is 12.4 Å². The first-order chi connectivity index (χ1) is 8.38. The molecule has 0 aromatic heterocycles. The second-order valence-corrected chi connectivity index (χ2v) is 4.84. The highest BCUT2D eigenvalue weighted by Crippen LogP contribution is 2.37. The van der Waals surface area contributed by atoms with Crippen LogP contribution in [0.5, 0.6) is 0 Å². The highest BCUT2D eigenvalue weighted by atomic mass is 35.5. The number of alkyl halides is 3. The molecule has 0 saturated heterocycles. The number of benzene rings is 1. The van der Waals surface area contributed by atoms with Crippen LogP contribution in [0.1, 0.15) is 42.9 Å². The molecule has 0 unspecified atom stereocenters. The van der Waals surface area contributed by atoms with Crippen molar-refractivity contribution in [2.45, 2.75) is 37.9 Å². The molecule has 1 saturated carbocycles. The maximum absolute atomic E-state index is 13.2. The molecule has 2 N–H and O–H groups in total. The molecule has 1 nitrogen and oxygen atoms in total. The molecule has 0 aliphatic heterocycles. The van der Waals surface area contributed by atoms with Gasteiger partial charge in [-0.2, -0.15) is 13.2 Å². The standard InChI is InChI=1S/C13H15F4N.ClH/c14-11-6-9(5-10(7-11)13(15,16)17)12(18)8-3-1-2-4-8;/h5-8,12H,1-4,18H2;1H/t12-;/m1./s1. The minimum absolute atomic E-state index is 0.